The average Bonchev–Trinajstić information content (AvgIpc) is 2.97. The Morgan fingerprint density at radius 1 is 1.21 bits per heavy atom. The van der Waals surface area contributed by atoms with Gasteiger partial charge in [-0.3, -0.25) is 4.79 Å². The summed E-state index contributed by atoms with van der Waals surface area (Å²) >= 11 is 7.09. The molecule has 122 valence electrons. The molecule has 0 bridgehead atoms. The molecule has 0 amide bonds. The van der Waals surface area contributed by atoms with E-state index in [2.05, 4.69) is 15.0 Å². The molecule has 0 aliphatic heterocycles. The molecule has 1 N–H and O–H groups in total. The quantitative estimate of drug-likeness (QED) is 0.665. The van der Waals surface area contributed by atoms with E-state index >= 15 is 0 Å². The van der Waals surface area contributed by atoms with Crippen molar-refractivity contribution in [3.8, 4) is 11.3 Å². The van der Waals surface area contributed by atoms with Gasteiger partial charge in [0, 0.05) is 41.2 Å². The van der Waals surface area contributed by atoms with Crippen LogP contribution in [0.4, 0.5) is 0 Å². The van der Waals surface area contributed by atoms with Crippen LogP contribution < -0.4 is 0 Å². The van der Waals surface area contributed by atoms with Crippen LogP contribution in [0.5, 0.6) is 0 Å². The van der Waals surface area contributed by atoms with E-state index < -0.39 is 5.97 Å². The predicted molar refractivity (Wildman–Crippen MR) is 89.1 cm³/mol. The Bertz CT molecular complexity index is 838. The molecule has 0 saturated heterocycles. The number of carbonyl (C=O) groups is 1. The number of carboxylic acids is 1. The zero-order valence-corrected chi connectivity index (χ0v) is 13.9. The molecule has 0 spiro atoms. The smallest absolute Gasteiger partial charge is 0.303 e. The van der Waals surface area contributed by atoms with E-state index in [-0.39, 0.29) is 12.8 Å². The van der Waals surface area contributed by atoms with Crippen LogP contribution in [-0.4, -0.2) is 26.0 Å². The highest BCUT2D eigenvalue weighted by molar-refractivity contribution is 7.98. The van der Waals surface area contributed by atoms with Gasteiger partial charge in [0.1, 0.15) is 11.5 Å². The summed E-state index contributed by atoms with van der Waals surface area (Å²) in [6.07, 6.45) is 3.46. The van der Waals surface area contributed by atoms with E-state index in [0.29, 0.717) is 26.9 Å². The summed E-state index contributed by atoms with van der Waals surface area (Å²) in [6.45, 7) is 0. The van der Waals surface area contributed by atoms with Crippen molar-refractivity contribution in [1.82, 2.24) is 15.0 Å². The largest absolute Gasteiger partial charge is 0.481 e. The molecule has 0 radical (unpaired) electrons. The first-order valence-electron chi connectivity index (χ1n) is 7.04. The summed E-state index contributed by atoms with van der Waals surface area (Å²) in [5.41, 5.74) is 1.41. The SMILES string of the molecule is O=C(O)CCc1oc(Sc2ncccn2)nc1-c1ccc(Cl)cc1. The minimum absolute atomic E-state index is 0.0400. The molecular weight excluding hydrogens is 350 g/mol. The highest BCUT2D eigenvalue weighted by Crippen LogP contribution is 2.32. The summed E-state index contributed by atoms with van der Waals surface area (Å²) in [5.74, 6) is -0.382. The van der Waals surface area contributed by atoms with Crippen molar-refractivity contribution in [1.29, 1.82) is 0 Å². The molecule has 0 aliphatic rings. The van der Waals surface area contributed by atoms with Crippen molar-refractivity contribution in [2.75, 3.05) is 0 Å². The van der Waals surface area contributed by atoms with Gasteiger partial charge < -0.3 is 9.52 Å². The molecule has 0 atom stereocenters. The van der Waals surface area contributed by atoms with Gasteiger partial charge in [0.2, 0.25) is 0 Å². The van der Waals surface area contributed by atoms with Crippen LogP contribution in [0.2, 0.25) is 5.02 Å². The lowest BCUT2D eigenvalue weighted by Crippen LogP contribution is -1.97. The van der Waals surface area contributed by atoms with Crippen LogP contribution in [0.1, 0.15) is 12.2 Å². The van der Waals surface area contributed by atoms with E-state index in [1.54, 1.807) is 30.6 Å². The standard InChI is InChI=1S/C16H12ClN3O3S/c17-11-4-2-10(3-5-11)14-12(6-7-13(21)22)23-16(20-14)24-15-18-8-1-9-19-15/h1-5,8-9H,6-7H2,(H,21,22). The third kappa shape index (κ3) is 4.12. The number of aromatic nitrogens is 3. The lowest BCUT2D eigenvalue weighted by atomic mass is 10.1. The Morgan fingerprint density at radius 3 is 2.58 bits per heavy atom. The van der Waals surface area contributed by atoms with Crippen LogP contribution >= 0.6 is 23.4 Å². The van der Waals surface area contributed by atoms with Crippen LogP contribution in [0.25, 0.3) is 11.3 Å². The van der Waals surface area contributed by atoms with Crippen molar-refractivity contribution in [3.05, 3.63) is 53.5 Å². The van der Waals surface area contributed by atoms with Crippen LogP contribution in [0, 0.1) is 0 Å². The lowest BCUT2D eigenvalue weighted by Gasteiger charge is -2.00. The van der Waals surface area contributed by atoms with Gasteiger partial charge in [0.15, 0.2) is 5.16 Å². The van der Waals surface area contributed by atoms with Gasteiger partial charge in [0.05, 0.1) is 6.42 Å². The predicted octanol–water partition coefficient (Wildman–Crippen LogP) is 3.95. The summed E-state index contributed by atoms with van der Waals surface area (Å²) in [4.78, 5) is 23.5. The fourth-order valence-corrected chi connectivity index (χ4v) is 2.80. The average molecular weight is 362 g/mol. The number of nitrogens with zero attached hydrogens (tertiary/aromatic N) is 3. The summed E-state index contributed by atoms with van der Waals surface area (Å²) in [5, 5.41) is 10.4. The number of aryl methyl sites for hydroxylation is 1. The fraction of sp³-hybridized carbons (Fsp3) is 0.125. The number of hydrogen-bond donors (Lipinski definition) is 1. The first-order valence-corrected chi connectivity index (χ1v) is 8.23. The van der Waals surface area contributed by atoms with Crippen LogP contribution in [0.3, 0.4) is 0 Å². The number of halogens is 1. The second-order valence-electron chi connectivity index (χ2n) is 4.79. The second-order valence-corrected chi connectivity index (χ2v) is 6.14. The van der Waals surface area contributed by atoms with Crippen molar-refractivity contribution in [2.24, 2.45) is 0 Å². The molecule has 0 aliphatic carbocycles. The number of aliphatic carboxylic acids is 1. The maximum atomic E-state index is 10.9. The monoisotopic (exact) mass is 361 g/mol. The van der Waals surface area contributed by atoms with Gasteiger partial charge >= 0.3 is 5.97 Å². The summed E-state index contributed by atoms with van der Waals surface area (Å²) in [7, 11) is 0. The normalized spacial score (nSPS) is 10.7. The van der Waals surface area contributed by atoms with Gasteiger partial charge in [0.25, 0.3) is 5.22 Å². The van der Waals surface area contributed by atoms with Gasteiger partial charge in [-0.15, -0.1) is 0 Å². The minimum atomic E-state index is -0.894. The van der Waals surface area contributed by atoms with E-state index in [0.717, 1.165) is 5.56 Å². The summed E-state index contributed by atoms with van der Waals surface area (Å²) in [6, 6.07) is 8.85. The topological polar surface area (TPSA) is 89.1 Å². The Morgan fingerprint density at radius 2 is 1.92 bits per heavy atom. The Labute approximate surface area is 146 Å². The Balaban J connectivity index is 1.92. The van der Waals surface area contributed by atoms with Gasteiger partial charge in [-0.05, 0) is 18.2 Å². The van der Waals surface area contributed by atoms with E-state index in [1.165, 1.54) is 11.8 Å². The number of oxazole rings is 1. The first-order chi connectivity index (χ1) is 11.6. The third-order valence-electron chi connectivity index (χ3n) is 3.08. The van der Waals surface area contributed by atoms with Crippen molar-refractivity contribution in [3.63, 3.8) is 0 Å². The highest BCUT2D eigenvalue weighted by atomic mass is 35.5. The Kier molecular flexibility index (Phi) is 5.12. The van der Waals surface area contributed by atoms with Crippen LogP contribution in [-0.2, 0) is 11.2 Å². The van der Waals surface area contributed by atoms with Crippen molar-refractivity contribution in [2.45, 2.75) is 23.2 Å². The molecule has 0 fully saturated rings. The molecule has 0 saturated carbocycles. The molecule has 6 nitrogen and oxygen atoms in total. The summed E-state index contributed by atoms with van der Waals surface area (Å²) < 4.78 is 5.73. The van der Waals surface area contributed by atoms with Crippen molar-refractivity contribution >= 4 is 29.3 Å². The Hall–Kier alpha value is -2.38. The van der Waals surface area contributed by atoms with Gasteiger partial charge in [-0.1, -0.05) is 23.7 Å². The molecule has 24 heavy (non-hydrogen) atoms. The second kappa shape index (κ2) is 7.46. The van der Waals surface area contributed by atoms with E-state index in [4.69, 9.17) is 21.1 Å². The van der Waals surface area contributed by atoms with Crippen LogP contribution in [0.15, 0.2) is 57.5 Å². The maximum absolute atomic E-state index is 10.9. The molecule has 8 heteroatoms. The molecular formula is C16H12ClN3O3S. The van der Waals surface area contributed by atoms with Gasteiger partial charge in [-0.2, -0.15) is 0 Å². The number of benzene rings is 1. The van der Waals surface area contributed by atoms with E-state index in [1.807, 2.05) is 12.1 Å². The molecule has 1 aromatic carbocycles. The third-order valence-corrected chi connectivity index (χ3v) is 4.08. The first kappa shape index (κ1) is 16.5. The number of rotatable bonds is 6. The molecule has 2 heterocycles. The molecule has 2 aromatic heterocycles. The fourth-order valence-electron chi connectivity index (χ4n) is 2.01. The molecule has 3 aromatic rings. The number of hydrogen-bond acceptors (Lipinski definition) is 6. The minimum Gasteiger partial charge on any atom is -0.481 e. The molecule has 0 unspecified atom stereocenters. The number of carboxylic acid groups (broad SMARTS) is 1. The van der Waals surface area contributed by atoms with Crippen molar-refractivity contribution < 1.29 is 14.3 Å². The zero-order valence-electron chi connectivity index (χ0n) is 12.3. The zero-order chi connectivity index (χ0) is 16.9. The highest BCUT2D eigenvalue weighted by Gasteiger charge is 2.17. The van der Waals surface area contributed by atoms with E-state index in [9.17, 15) is 4.79 Å². The maximum Gasteiger partial charge on any atom is 0.303 e. The molecule has 3 rings (SSSR count). The lowest BCUT2D eigenvalue weighted by molar-refractivity contribution is -0.137. The van der Waals surface area contributed by atoms with Gasteiger partial charge in [-0.25, -0.2) is 15.0 Å².